The molecule has 100 valence electrons. The van der Waals surface area contributed by atoms with Gasteiger partial charge in [-0.25, -0.2) is 9.78 Å². The SMILES string of the molecule is CN(C)CCNC(=O)Nc1ccc2ccccc2n1. The molecule has 0 fully saturated rings. The Balaban J connectivity index is 1.95. The minimum absolute atomic E-state index is 0.232. The fourth-order valence-electron chi connectivity index (χ4n) is 1.69. The van der Waals surface area contributed by atoms with E-state index in [1.54, 1.807) is 6.07 Å². The molecule has 2 amide bonds. The van der Waals surface area contributed by atoms with Crippen molar-refractivity contribution >= 4 is 22.8 Å². The van der Waals surface area contributed by atoms with Gasteiger partial charge in [0.2, 0.25) is 0 Å². The Kier molecular flexibility index (Phi) is 4.30. The van der Waals surface area contributed by atoms with Crippen LogP contribution in [0.4, 0.5) is 10.6 Å². The Bertz CT molecular complexity index is 568. The largest absolute Gasteiger partial charge is 0.337 e. The van der Waals surface area contributed by atoms with E-state index < -0.39 is 0 Å². The quantitative estimate of drug-likeness (QED) is 0.881. The van der Waals surface area contributed by atoms with E-state index >= 15 is 0 Å². The molecule has 5 nitrogen and oxygen atoms in total. The number of carbonyl (C=O) groups excluding carboxylic acids is 1. The van der Waals surface area contributed by atoms with Gasteiger partial charge in [-0.2, -0.15) is 0 Å². The number of nitrogens with zero attached hydrogens (tertiary/aromatic N) is 2. The molecular formula is C14H18N4O. The maximum atomic E-state index is 11.6. The third-order valence-corrected chi connectivity index (χ3v) is 2.68. The molecule has 0 spiro atoms. The van der Waals surface area contributed by atoms with E-state index in [2.05, 4.69) is 15.6 Å². The summed E-state index contributed by atoms with van der Waals surface area (Å²) >= 11 is 0. The number of pyridine rings is 1. The van der Waals surface area contributed by atoms with Gasteiger partial charge in [0, 0.05) is 18.5 Å². The second-order valence-corrected chi connectivity index (χ2v) is 4.57. The van der Waals surface area contributed by atoms with Crippen LogP contribution >= 0.6 is 0 Å². The maximum Gasteiger partial charge on any atom is 0.320 e. The zero-order valence-electron chi connectivity index (χ0n) is 11.2. The van der Waals surface area contributed by atoms with Gasteiger partial charge in [0.05, 0.1) is 5.52 Å². The summed E-state index contributed by atoms with van der Waals surface area (Å²) in [6, 6.07) is 11.3. The number of para-hydroxylation sites is 1. The minimum atomic E-state index is -0.232. The molecule has 0 aliphatic carbocycles. The molecule has 5 heteroatoms. The normalized spacial score (nSPS) is 10.7. The number of aromatic nitrogens is 1. The van der Waals surface area contributed by atoms with E-state index in [0.717, 1.165) is 17.4 Å². The highest BCUT2D eigenvalue weighted by molar-refractivity contribution is 5.90. The third-order valence-electron chi connectivity index (χ3n) is 2.68. The molecule has 1 heterocycles. The summed E-state index contributed by atoms with van der Waals surface area (Å²) in [5.74, 6) is 0.557. The highest BCUT2D eigenvalue weighted by atomic mass is 16.2. The molecule has 0 saturated heterocycles. The average Bonchev–Trinajstić information content (AvgIpc) is 2.38. The van der Waals surface area contributed by atoms with Crippen molar-refractivity contribution in [3.8, 4) is 0 Å². The number of anilines is 1. The third kappa shape index (κ3) is 3.93. The van der Waals surface area contributed by atoms with Crippen molar-refractivity contribution in [2.75, 3.05) is 32.5 Å². The van der Waals surface area contributed by atoms with E-state index in [9.17, 15) is 4.79 Å². The summed E-state index contributed by atoms with van der Waals surface area (Å²) in [5, 5.41) is 6.56. The fourth-order valence-corrected chi connectivity index (χ4v) is 1.69. The zero-order valence-corrected chi connectivity index (χ0v) is 11.2. The van der Waals surface area contributed by atoms with Gasteiger partial charge in [-0.15, -0.1) is 0 Å². The van der Waals surface area contributed by atoms with Crippen LogP contribution in [0.5, 0.6) is 0 Å². The molecular weight excluding hydrogens is 240 g/mol. The Morgan fingerprint density at radius 3 is 2.79 bits per heavy atom. The number of hydrogen-bond donors (Lipinski definition) is 2. The lowest BCUT2D eigenvalue weighted by Crippen LogP contribution is -2.34. The number of hydrogen-bond acceptors (Lipinski definition) is 3. The summed E-state index contributed by atoms with van der Waals surface area (Å²) < 4.78 is 0. The Morgan fingerprint density at radius 2 is 2.00 bits per heavy atom. The minimum Gasteiger partial charge on any atom is -0.337 e. The van der Waals surface area contributed by atoms with Gasteiger partial charge in [0.25, 0.3) is 0 Å². The molecule has 1 aromatic carbocycles. The second kappa shape index (κ2) is 6.15. The van der Waals surface area contributed by atoms with Crippen LogP contribution in [0.1, 0.15) is 0 Å². The van der Waals surface area contributed by atoms with Gasteiger partial charge in [0.1, 0.15) is 5.82 Å². The molecule has 0 atom stereocenters. The molecule has 0 unspecified atom stereocenters. The van der Waals surface area contributed by atoms with E-state index in [0.29, 0.717) is 12.4 Å². The lowest BCUT2D eigenvalue weighted by Gasteiger charge is -2.11. The van der Waals surface area contributed by atoms with Crippen molar-refractivity contribution in [2.24, 2.45) is 0 Å². The monoisotopic (exact) mass is 258 g/mol. The van der Waals surface area contributed by atoms with Crippen molar-refractivity contribution in [2.45, 2.75) is 0 Å². The zero-order chi connectivity index (χ0) is 13.7. The van der Waals surface area contributed by atoms with Gasteiger partial charge in [0.15, 0.2) is 0 Å². The van der Waals surface area contributed by atoms with E-state index in [-0.39, 0.29) is 6.03 Å². The first-order valence-corrected chi connectivity index (χ1v) is 6.20. The molecule has 2 rings (SSSR count). The van der Waals surface area contributed by atoms with Crippen LogP contribution in [0.2, 0.25) is 0 Å². The second-order valence-electron chi connectivity index (χ2n) is 4.57. The molecule has 1 aromatic heterocycles. The maximum absolute atomic E-state index is 11.6. The van der Waals surface area contributed by atoms with Crippen LogP contribution in [-0.2, 0) is 0 Å². The number of rotatable bonds is 4. The number of fused-ring (bicyclic) bond motifs is 1. The Hall–Kier alpha value is -2.14. The molecule has 0 radical (unpaired) electrons. The van der Waals surface area contributed by atoms with Gasteiger partial charge in [-0.05, 0) is 32.3 Å². The van der Waals surface area contributed by atoms with Gasteiger partial charge in [-0.3, -0.25) is 5.32 Å². The molecule has 0 bridgehead atoms. The van der Waals surface area contributed by atoms with Crippen molar-refractivity contribution in [1.82, 2.24) is 15.2 Å². The van der Waals surface area contributed by atoms with Crippen LogP contribution in [0.15, 0.2) is 36.4 Å². The summed E-state index contributed by atoms with van der Waals surface area (Å²) in [7, 11) is 3.93. The van der Waals surface area contributed by atoms with Crippen molar-refractivity contribution in [3.63, 3.8) is 0 Å². The lowest BCUT2D eigenvalue weighted by molar-refractivity contribution is 0.250. The molecule has 0 aliphatic rings. The number of benzene rings is 1. The molecule has 0 aliphatic heterocycles. The van der Waals surface area contributed by atoms with Crippen LogP contribution in [0.3, 0.4) is 0 Å². The summed E-state index contributed by atoms with van der Waals surface area (Å²) in [6.07, 6.45) is 0. The van der Waals surface area contributed by atoms with Crippen molar-refractivity contribution in [1.29, 1.82) is 0 Å². The van der Waals surface area contributed by atoms with Crippen LogP contribution in [0.25, 0.3) is 10.9 Å². The van der Waals surface area contributed by atoms with Gasteiger partial charge in [-0.1, -0.05) is 18.2 Å². The first kappa shape index (κ1) is 13.3. The predicted molar refractivity (Wildman–Crippen MR) is 77.3 cm³/mol. The van der Waals surface area contributed by atoms with E-state index in [1.807, 2.05) is 49.3 Å². The van der Waals surface area contributed by atoms with Crippen molar-refractivity contribution in [3.05, 3.63) is 36.4 Å². The number of likely N-dealkylation sites (N-methyl/N-ethyl adjacent to an activating group) is 1. The van der Waals surface area contributed by atoms with Crippen molar-refractivity contribution < 1.29 is 4.79 Å². The average molecular weight is 258 g/mol. The van der Waals surface area contributed by atoms with Crippen LogP contribution in [0, 0.1) is 0 Å². The molecule has 19 heavy (non-hydrogen) atoms. The number of amides is 2. The number of carbonyl (C=O) groups is 1. The van der Waals surface area contributed by atoms with E-state index in [4.69, 9.17) is 0 Å². The summed E-state index contributed by atoms with van der Waals surface area (Å²) in [6.45, 7) is 1.41. The Labute approximate surface area is 112 Å². The highest BCUT2D eigenvalue weighted by Crippen LogP contribution is 2.14. The van der Waals surface area contributed by atoms with Gasteiger partial charge < -0.3 is 10.2 Å². The number of urea groups is 1. The first-order valence-electron chi connectivity index (χ1n) is 6.20. The predicted octanol–water partition coefficient (Wildman–Crippen LogP) is 1.92. The lowest BCUT2D eigenvalue weighted by atomic mass is 10.2. The fraction of sp³-hybridized carbons (Fsp3) is 0.286. The molecule has 2 N–H and O–H groups in total. The van der Waals surface area contributed by atoms with Gasteiger partial charge >= 0.3 is 6.03 Å². The first-order chi connectivity index (χ1) is 9.15. The van der Waals surface area contributed by atoms with Crippen LogP contribution in [-0.4, -0.2) is 43.1 Å². The van der Waals surface area contributed by atoms with E-state index in [1.165, 1.54) is 0 Å². The topological polar surface area (TPSA) is 57.3 Å². The summed E-state index contributed by atoms with van der Waals surface area (Å²) in [5.41, 5.74) is 0.869. The Morgan fingerprint density at radius 1 is 1.21 bits per heavy atom. The smallest absolute Gasteiger partial charge is 0.320 e. The molecule has 2 aromatic rings. The number of nitrogens with one attached hydrogen (secondary N) is 2. The molecule has 0 saturated carbocycles. The van der Waals surface area contributed by atoms with Crippen LogP contribution < -0.4 is 10.6 Å². The summed E-state index contributed by atoms with van der Waals surface area (Å²) in [4.78, 5) is 18.0. The highest BCUT2D eigenvalue weighted by Gasteiger charge is 2.03. The standard InChI is InChI=1S/C14H18N4O/c1-18(2)10-9-15-14(19)17-13-8-7-11-5-3-4-6-12(11)16-13/h3-8H,9-10H2,1-2H3,(H2,15,16,17,19).